The van der Waals surface area contributed by atoms with Crippen LogP contribution >= 0.6 is 0 Å². The first-order valence-corrected chi connectivity index (χ1v) is 9.54. The van der Waals surface area contributed by atoms with Gasteiger partial charge in [0.15, 0.2) is 0 Å². The lowest BCUT2D eigenvalue weighted by Crippen LogP contribution is -2.35. The molecular formula is C16H22N2O4S. The molecule has 3 rings (SSSR count). The molecule has 1 atom stereocenters. The van der Waals surface area contributed by atoms with Crippen LogP contribution in [0, 0.1) is 0 Å². The standard InChI is InChI=1S/C16H22N2O4S/c1-2-18-15-7-6-14(10-12(15)5-8-16(18)19)23(20,21)17-11-13-4-3-9-22-13/h6-7,10,13,17H,2-5,8-9,11H2,1H3/t13-/m1/s1. The summed E-state index contributed by atoms with van der Waals surface area (Å²) in [5.74, 6) is 0.0899. The first-order valence-electron chi connectivity index (χ1n) is 8.06. The number of nitrogens with one attached hydrogen (secondary N) is 1. The van der Waals surface area contributed by atoms with Crippen LogP contribution in [0.25, 0.3) is 0 Å². The van der Waals surface area contributed by atoms with Crippen molar-refractivity contribution in [3.05, 3.63) is 23.8 Å². The summed E-state index contributed by atoms with van der Waals surface area (Å²) in [5, 5.41) is 0. The van der Waals surface area contributed by atoms with Gasteiger partial charge in [0.1, 0.15) is 0 Å². The van der Waals surface area contributed by atoms with E-state index in [1.165, 1.54) is 0 Å². The topological polar surface area (TPSA) is 75.7 Å². The van der Waals surface area contributed by atoms with Crippen LogP contribution in [-0.2, 0) is 26.0 Å². The van der Waals surface area contributed by atoms with E-state index in [2.05, 4.69) is 4.72 Å². The molecule has 1 saturated heterocycles. The Labute approximate surface area is 136 Å². The van der Waals surface area contributed by atoms with Gasteiger partial charge in [-0.25, -0.2) is 13.1 Å². The number of rotatable bonds is 5. The molecule has 1 aromatic rings. The van der Waals surface area contributed by atoms with E-state index in [0.29, 0.717) is 32.5 Å². The van der Waals surface area contributed by atoms with Gasteiger partial charge in [-0.15, -0.1) is 0 Å². The van der Waals surface area contributed by atoms with Gasteiger partial charge < -0.3 is 9.64 Å². The van der Waals surface area contributed by atoms with Gasteiger partial charge in [0.2, 0.25) is 15.9 Å². The van der Waals surface area contributed by atoms with Gasteiger partial charge in [0, 0.05) is 31.8 Å². The van der Waals surface area contributed by atoms with Crippen LogP contribution in [0.5, 0.6) is 0 Å². The molecule has 2 aliphatic heterocycles. The molecule has 1 aromatic carbocycles. The Kier molecular flexibility index (Phi) is 4.70. The molecule has 1 amide bonds. The highest BCUT2D eigenvalue weighted by Gasteiger charge is 2.25. The summed E-state index contributed by atoms with van der Waals surface area (Å²) in [6.45, 7) is 3.51. The summed E-state index contributed by atoms with van der Waals surface area (Å²) in [6.07, 6.45) is 2.84. The molecule has 6 nitrogen and oxygen atoms in total. The van der Waals surface area contributed by atoms with E-state index in [0.717, 1.165) is 24.1 Å². The second kappa shape index (κ2) is 6.59. The summed E-state index contributed by atoms with van der Waals surface area (Å²) < 4.78 is 33.0. The SMILES string of the molecule is CCN1C(=O)CCc2cc(S(=O)(=O)NC[C@H]3CCCO3)ccc21. The lowest BCUT2D eigenvalue weighted by molar-refractivity contribution is -0.118. The van der Waals surface area contributed by atoms with E-state index < -0.39 is 10.0 Å². The van der Waals surface area contributed by atoms with Crippen LogP contribution in [0.3, 0.4) is 0 Å². The number of sulfonamides is 1. The maximum Gasteiger partial charge on any atom is 0.240 e. The van der Waals surface area contributed by atoms with Crippen molar-refractivity contribution < 1.29 is 17.9 Å². The van der Waals surface area contributed by atoms with Crippen LogP contribution in [0.1, 0.15) is 31.7 Å². The van der Waals surface area contributed by atoms with Gasteiger partial charge in [-0.1, -0.05) is 0 Å². The smallest absolute Gasteiger partial charge is 0.240 e. The van der Waals surface area contributed by atoms with Crippen LogP contribution in [-0.4, -0.2) is 40.1 Å². The first kappa shape index (κ1) is 16.4. The first-order chi connectivity index (χ1) is 11.0. The fourth-order valence-corrected chi connectivity index (χ4v) is 4.26. The molecule has 0 aromatic heterocycles. The number of carbonyl (C=O) groups excluding carboxylic acids is 1. The molecule has 0 bridgehead atoms. The molecule has 0 aliphatic carbocycles. The second-order valence-corrected chi connectivity index (χ2v) is 7.68. The van der Waals surface area contributed by atoms with E-state index in [9.17, 15) is 13.2 Å². The second-order valence-electron chi connectivity index (χ2n) is 5.92. The Balaban J connectivity index is 1.79. The van der Waals surface area contributed by atoms with Gasteiger partial charge in [0.25, 0.3) is 0 Å². The van der Waals surface area contributed by atoms with Crippen molar-refractivity contribution in [1.82, 2.24) is 4.72 Å². The van der Waals surface area contributed by atoms with Gasteiger partial charge in [-0.2, -0.15) is 0 Å². The Morgan fingerprint density at radius 2 is 2.17 bits per heavy atom. The third kappa shape index (κ3) is 3.41. The number of ether oxygens (including phenoxy) is 1. The lowest BCUT2D eigenvalue weighted by Gasteiger charge is -2.28. The third-order valence-corrected chi connectivity index (χ3v) is 5.82. The normalized spacial score (nSPS) is 21.5. The van der Waals surface area contributed by atoms with Crippen molar-refractivity contribution in [2.24, 2.45) is 0 Å². The summed E-state index contributed by atoms with van der Waals surface area (Å²) in [4.78, 5) is 13.9. The predicted molar refractivity (Wildman–Crippen MR) is 87.0 cm³/mol. The van der Waals surface area contributed by atoms with E-state index in [1.807, 2.05) is 6.92 Å². The van der Waals surface area contributed by atoms with Crippen molar-refractivity contribution in [1.29, 1.82) is 0 Å². The zero-order chi connectivity index (χ0) is 16.4. The van der Waals surface area contributed by atoms with Gasteiger partial charge in [0.05, 0.1) is 11.0 Å². The Morgan fingerprint density at radius 1 is 1.35 bits per heavy atom. The highest BCUT2D eigenvalue weighted by atomic mass is 32.2. The summed E-state index contributed by atoms with van der Waals surface area (Å²) in [6, 6.07) is 4.98. The van der Waals surface area contributed by atoms with E-state index >= 15 is 0 Å². The Bertz CT molecular complexity index is 696. The van der Waals surface area contributed by atoms with E-state index in [4.69, 9.17) is 4.74 Å². The van der Waals surface area contributed by atoms with Crippen molar-refractivity contribution >= 4 is 21.6 Å². The molecule has 0 unspecified atom stereocenters. The molecule has 2 heterocycles. The van der Waals surface area contributed by atoms with Gasteiger partial charge in [-0.05, 0) is 49.9 Å². The molecular weight excluding hydrogens is 316 g/mol. The Morgan fingerprint density at radius 3 is 2.87 bits per heavy atom. The summed E-state index contributed by atoms with van der Waals surface area (Å²) in [7, 11) is -3.55. The molecule has 7 heteroatoms. The zero-order valence-corrected chi connectivity index (χ0v) is 14.1. The number of benzene rings is 1. The number of aryl methyl sites for hydroxylation is 1. The van der Waals surface area contributed by atoms with E-state index in [-0.39, 0.29) is 16.9 Å². The van der Waals surface area contributed by atoms with Crippen LogP contribution in [0.15, 0.2) is 23.1 Å². The number of hydrogen-bond donors (Lipinski definition) is 1. The molecule has 0 spiro atoms. The quantitative estimate of drug-likeness (QED) is 0.881. The van der Waals surface area contributed by atoms with Crippen molar-refractivity contribution in [2.75, 3.05) is 24.6 Å². The minimum absolute atomic E-state index is 0.0318. The minimum atomic E-state index is -3.55. The minimum Gasteiger partial charge on any atom is -0.377 e. The maximum atomic E-state index is 12.4. The fourth-order valence-electron chi connectivity index (χ4n) is 3.14. The molecule has 126 valence electrons. The maximum absolute atomic E-state index is 12.4. The van der Waals surface area contributed by atoms with E-state index in [1.54, 1.807) is 23.1 Å². The van der Waals surface area contributed by atoms with Crippen LogP contribution in [0.2, 0.25) is 0 Å². The third-order valence-electron chi connectivity index (χ3n) is 4.40. The van der Waals surface area contributed by atoms with Crippen molar-refractivity contribution in [3.8, 4) is 0 Å². The van der Waals surface area contributed by atoms with Crippen molar-refractivity contribution in [3.63, 3.8) is 0 Å². The number of nitrogens with zero attached hydrogens (tertiary/aromatic N) is 1. The number of anilines is 1. The highest BCUT2D eigenvalue weighted by Crippen LogP contribution is 2.29. The molecule has 23 heavy (non-hydrogen) atoms. The number of fused-ring (bicyclic) bond motifs is 1. The number of hydrogen-bond acceptors (Lipinski definition) is 4. The summed E-state index contributed by atoms with van der Waals surface area (Å²) >= 11 is 0. The molecule has 1 N–H and O–H groups in total. The zero-order valence-electron chi connectivity index (χ0n) is 13.2. The van der Waals surface area contributed by atoms with Gasteiger partial charge >= 0.3 is 0 Å². The number of amides is 1. The van der Waals surface area contributed by atoms with Crippen LogP contribution < -0.4 is 9.62 Å². The molecule has 1 fully saturated rings. The lowest BCUT2D eigenvalue weighted by atomic mass is 10.0. The summed E-state index contributed by atoms with van der Waals surface area (Å²) in [5.41, 5.74) is 1.73. The fraction of sp³-hybridized carbons (Fsp3) is 0.562. The number of carbonyl (C=O) groups is 1. The van der Waals surface area contributed by atoms with Crippen molar-refractivity contribution in [2.45, 2.75) is 43.6 Å². The molecule has 0 saturated carbocycles. The molecule has 2 aliphatic rings. The predicted octanol–water partition coefficient (Wildman–Crippen LogP) is 1.44. The highest BCUT2D eigenvalue weighted by molar-refractivity contribution is 7.89. The Hall–Kier alpha value is -1.44. The molecule has 0 radical (unpaired) electrons. The van der Waals surface area contributed by atoms with Crippen LogP contribution in [0.4, 0.5) is 5.69 Å². The average Bonchev–Trinajstić information content (AvgIpc) is 3.06. The monoisotopic (exact) mass is 338 g/mol. The largest absolute Gasteiger partial charge is 0.377 e. The van der Waals surface area contributed by atoms with Gasteiger partial charge in [-0.3, -0.25) is 4.79 Å². The average molecular weight is 338 g/mol.